The van der Waals surface area contributed by atoms with Gasteiger partial charge in [0.15, 0.2) is 0 Å². The van der Waals surface area contributed by atoms with E-state index in [0.717, 1.165) is 5.52 Å². The fraction of sp³-hybridized carbons (Fsp3) is 0.100. The van der Waals surface area contributed by atoms with Crippen LogP contribution in [0.3, 0.4) is 0 Å². The van der Waals surface area contributed by atoms with Crippen LogP contribution in [0.2, 0.25) is 0 Å². The van der Waals surface area contributed by atoms with Gasteiger partial charge in [0, 0.05) is 10.3 Å². The molecule has 0 saturated carbocycles. The van der Waals surface area contributed by atoms with E-state index < -0.39 is 0 Å². The Bertz CT molecular complexity index is 398. The summed E-state index contributed by atoms with van der Waals surface area (Å²) in [6, 6.07) is 10.1. The first-order chi connectivity index (χ1) is 5.90. The second-order valence-corrected chi connectivity index (χ2v) is 3.38. The highest BCUT2D eigenvalue weighted by Crippen LogP contribution is 2.19. The number of nitrogens with zero attached hydrogens (tertiary/aromatic N) is 1. The number of thioether (sulfide) groups is 1. The average Bonchev–Trinajstić information content (AvgIpc) is 2.17. The van der Waals surface area contributed by atoms with E-state index in [2.05, 4.69) is 29.6 Å². The Kier molecular flexibility index (Phi) is 2.00. The largest absolute Gasteiger partial charge is 0.246 e. The lowest BCUT2D eigenvalue weighted by Crippen LogP contribution is -1.77. The van der Waals surface area contributed by atoms with Crippen molar-refractivity contribution in [3.63, 3.8) is 0 Å². The minimum Gasteiger partial charge on any atom is -0.246 e. The molecule has 1 aromatic heterocycles. The van der Waals surface area contributed by atoms with Crippen molar-refractivity contribution in [2.45, 2.75) is 4.90 Å². The summed E-state index contributed by atoms with van der Waals surface area (Å²) in [6.45, 7) is 0. The second-order valence-electron chi connectivity index (χ2n) is 2.50. The van der Waals surface area contributed by atoms with Gasteiger partial charge in [-0.1, -0.05) is 6.07 Å². The Morgan fingerprint density at radius 3 is 3.08 bits per heavy atom. The summed E-state index contributed by atoms with van der Waals surface area (Å²) in [5.41, 5.74) is 1.01. The molecule has 1 aromatic carbocycles. The molecule has 0 aliphatic heterocycles. The molecule has 2 rings (SSSR count). The van der Waals surface area contributed by atoms with Crippen molar-refractivity contribution < 1.29 is 0 Å². The van der Waals surface area contributed by atoms with Crippen molar-refractivity contribution in [1.29, 1.82) is 0 Å². The van der Waals surface area contributed by atoms with Crippen molar-refractivity contribution in [3.8, 4) is 0 Å². The lowest BCUT2D eigenvalue weighted by molar-refractivity contribution is 1.37. The summed E-state index contributed by atoms with van der Waals surface area (Å²) in [5, 5.41) is 1.18. The Labute approximate surface area is 75.8 Å². The van der Waals surface area contributed by atoms with E-state index in [4.69, 9.17) is 0 Å². The summed E-state index contributed by atoms with van der Waals surface area (Å²) >= 11 is 1.75. The molecular formula is C10H8NS. The summed E-state index contributed by atoms with van der Waals surface area (Å²) < 4.78 is 0. The van der Waals surface area contributed by atoms with E-state index in [1.54, 1.807) is 11.8 Å². The molecule has 0 unspecified atom stereocenters. The first-order valence-corrected chi connectivity index (χ1v) is 4.93. The fourth-order valence-corrected chi connectivity index (χ4v) is 1.58. The highest BCUT2D eigenvalue weighted by molar-refractivity contribution is 7.98. The van der Waals surface area contributed by atoms with Gasteiger partial charge in [-0.05, 0) is 30.5 Å². The maximum Gasteiger partial charge on any atom is 0.0894 e. The Morgan fingerprint density at radius 2 is 2.25 bits per heavy atom. The predicted octanol–water partition coefficient (Wildman–Crippen LogP) is 2.76. The average molecular weight is 174 g/mol. The van der Waals surface area contributed by atoms with Crippen LogP contribution < -0.4 is 0 Å². The van der Waals surface area contributed by atoms with Crippen LogP contribution in [0.15, 0.2) is 35.2 Å². The zero-order valence-corrected chi connectivity index (χ0v) is 7.56. The van der Waals surface area contributed by atoms with Crippen molar-refractivity contribution in [1.82, 2.24) is 4.98 Å². The maximum absolute atomic E-state index is 4.12. The van der Waals surface area contributed by atoms with Gasteiger partial charge in [0.2, 0.25) is 0 Å². The number of hydrogen-bond acceptors (Lipinski definition) is 2. The van der Waals surface area contributed by atoms with Crippen molar-refractivity contribution in [3.05, 3.63) is 36.5 Å². The van der Waals surface area contributed by atoms with Crippen molar-refractivity contribution in [2.75, 3.05) is 6.26 Å². The molecule has 0 bridgehead atoms. The zero-order chi connectivity index (χ0) is 8.39. The summed E-state index contributed by atoms with van der Waals surface area (Å²) in [5.74, 6) is 0. The van der Waals surface area contributed by atoms with Gasteiger partial charge in [-0.15, -0.1) is 11.8 Å². The lowest BCUT2D eigenvalue weighted by atomic mass is 10.2. The Balaban J connectivity index is 2.67. The molecule has 0 amide bonds. The molecule has 0 spiro atoms. The molecule has 12 heavy (non-hydrogen) atoms. The summed E-state index contributed by atoms with van der Waals surface area (Å²) in [6.07, 6.45) is 4.89. The van der Waals surface area contributed by atoms with E-state index in [-0.39, 0.29) is 0 Å². The monoisotopic (exact) mass is 174 g/mol. The number of fused-ring (bicyclic) bond motifs is 1. The summed E-state index contributed by atoms with van der Waals surface area (Å²) in [4.78, 5) is 5.40. The number of benzene rings is 1. The van der Waals surface area contributed by atoms with Gasteiger partial charge in [0.05, 0.1) is 11.7 Å². The quantitative estimate of drug-likeness (QED) is 0.616. The SMILES string of the molecule is CSc1ccc2n[c]ccc2c1. The first-order valence-electron chi connectivity index (χ1n) is 3.71. The number of pyridine rings is 1. The number of hydrogen-bond donors (Lipinski definition) is 0. The molecule has 1 nitrogen and oxygen atoms in total. The van der Waals surface area contributed by atoms with Crippen LogP contribution in [0.5, 0.6) is 0 Å². The number of rotatable bonds is 1. The van der Waals surface area contributed by atoms with Crippen LogP contribution in [0.1, 0.15) is 0 Å². The van der Waals surface area contributed by atoms with E-state index in [1.165, 1.54) is 10.3 Å². The molecular weight excluding hydrogens is 166 g/mol. The fourth-order valence-electron chi connectivity index (χ4n) is 1.13. The summed E-state index contributed by atoms with van der Waals surface area (Å²) in [7, 11) is 0. The van der Waals surface area contributed by atoms with Crippen LogP contribution >= 0.6 is 11.8 Å². The molecule has 59 valence electrons. The number of aromatic nitrogens is 1. The van der Waals surface area contributed by atoms with Crippen LogP contribution in [-0.2, 0) is 0 Å². The van der Waals surface area contributed by atoms with Gasteiger partial charge >= 0.3 is 0 Å². The normalized spacial score (nSPS) is 10.4. The van der Waals surface area contributed by atoms with Gasteiger partial charge in [-0.2, -0.15) is 0 Å². The van der Waals surface area contributed by atoms with Crippen LogP contribution in [0, 0.1) is 6.20 Å². The molecule has 0 aliphatic carbocycles. The van der Waals surface area contributed by atoms with Crippen molar-refractivity contribution >= 4 is 22.7 Å². The molecule has 0 atom stereocenters. The third kappa shape index (κ3) is 1.30. The van der Waals surface area contributed by atoms with Gasteiger partial charge < -0.3 is 0 Å². The standard InChI is InChI=1S/C10H8NS/c1-12-9-4-5-10-8(7-9)3-2-6-11-10/h2-5,7H,1H3. The highest BCUT2D eigenvalue weighted by Gasteiger charge is 1.94. The molecule has 2 aromatic rings. The van der Waals surface area contributed by atoms with Crippen molar-refractivity contribution in [2.24, 2.45) is 0 Å². The van der Waals surface area contributed by atoms with Crippen LogP contribution in [0.4, 0.5) is 0 Å². The Hall–Kier alpha value is -1.02. The van der Waals surface area contributed by atoms with E-state index >= 15 is 0 Å². The van der Waals surface area contributed by atoms with Crippen LogP contribution in [0.25, 0.3) is 10.9 Å². The molecule has 2 heteroatoms. The molecule has 0 saturated heterocycles. The minimum atomic E-state index is 1.01. The van der Waals surface area contributed by atoms with Crippen LogP contribution in [-0.4, -0.2) is 11.2 Å². The van der Waals surface area contributed by atoms with Gasteiger partial charge in [-0.3, -0.25) is 0 Å². The van der Waals surface area contributed by atoms with Gasteiger partial charge in [0.25, 0.3) is 0 Å². The topological polar surface area (TPSA) is 12.9 Å². The van der Waals surface area contributed by atoms with Gasteiger partial charge in [-0.25, -0.2) is 4.98 Å². The smallest absolute Gasteiger partial charge is 0.0894 e. The highest BCUT2D eigenvalue weighted by atomic mass is 32.2. The van der Waals surface area contributed by atoms with E-state index in [0.29, 0.717) is 0 Å². The molecule has 1 radical (unpaired) electrons. The van der Waals surface area contributed by atoms with E-state index in [1.807, 2.05) is 18.2 Å². The molecule has 0 fully saturated rings. The Morgan fingerprint density at radius 1 is 1.33 bits per heavy atom. The zero-order valence-electron chi connectivity index (χ0n) is 6.74. The molecule has 0 aliphatic rings. The molecule has 0 N–H and O–H groups in total. The third-order valence-corrected chi connectivity index (χ3v) is 2.48. The minimum absolute atomic E-state index is 1.01. The first kappa shape index (κ1) is 7.62. The van der Waals surface area contributed by atoms with E-state index in [9.17, 15) is 0 Å². The second kappa shape index (κ2) is 3.15. The third-order valence-electron chi connectivity index (χ3n) is 1.76. The predicted molar refractivity (Wildman–Crippen MR) is 52.4 cm³/mol. The molecule has 1 heterocycles. The maximum atomic E-state index is 4.12. The lowest BCUT2D eigenvalue weighted by Gasteiger charge is -1.98. The van der Waals surface area contributed by atoms with Gasteiger partial charge in [0.1, 0.15) is 0 Å².